The Labute approximate surface area is 139 Å². The second kappa shape index (κ2) is 6.28. The summed E-state index contributed by atoms with van der Waals surface area (Å²) in [5.41, 5.74) is 5.47. The van der Waals surface area contributed by atoms with E-state index in [0.717, 1.165) is 4.57 Å². The molecule has 0 atom stereocenters. The molecule has 126 valence electrons. The maximum atomic E-state index is 12.5. The minimum absolute atomic E-state index is 0.0721. The van der Waals surface area contributed by atoms with Gasteiger partial charge < -0.3 is 5.73 Å². The SMILES string of the molecule is NC(=O)c1cn(C(=O)Nc2ccccn2)c2cccc(O[N+](=O)[O-])c12. The molecule has 0 radical (unpaired) electrons. The molecule has 2 amide bonds. The normalized spacial score (nSPS) is 10.4. The van der Waals surface area contributed by atoms with Gasteiger partial charge in [0.25, 0.3) is 11.0 Å². The van der Waals surface area contributed by atoms with E-state index in [2.05, 4.69) is 15.1 Å². The molecule has 0 aliphatic heterocycles. The third-order valence-corrected chi connectivity index (χ3v) is 3.35. The van der Waals surface area contributed by atoms with E-state index in [1.807, 2.05) is 0 Å². The molecule has 0 aliphatic carbocycles. The van der Waals surface area contributed by atoms with E-state index in [0.29, 0.717) is 5.82 Å². The summed E-state index contributed by atoms with van der Waals surface area (Å²) in [4.78, 5) is 43.3. The van der Waals surface area contributed by atoms with Gasteiger partial charge in [-0.1, -0.05) is 12.1 Å². The summed E-state index contributed by atoms with van der Waals surface area (Å²) in [6.07, 6.45) is 2.69. The Morgan fingerprint density at radius 1 is 1.24 bits per heavy atom. The number of hydrogen-bond donors (Lipinski definition) is 2. The molecule has 3 N–H and O–H groups in total. The molecule has 0 saturated carbocycles. The fourth-order valence-corrected chi connectivity index (χ4v) is 2.37. The lowest BCUT2D eigenvalue weighted by molar-refractivity contribution is -0.710. The Morgan fingerprint density at radius 3 is 2.68 bits per heavy atom. The number of nitrogens with zero attached hydrogens (tertiary/aromatic N) is 3. The van der Waals surface area contributed by atoms with Gasteiger partial charge in [0.2, 0.25) is 0 Å². The molecule has 3 aromatic rings. The first-order chi connectivity index (χ1) is 12.0. The molecule has 10 nitrogen and oxygen atoms in total. The zero-order valence-corrected chi connectivity index (χ0v) is 12.6. The van der Waals surface area contributed by atoms with E-state index >= 15 is 0 Å². The van der Waals surface area contributed by atoms with Gasteiger partial charge in [-0.05, 0) is 24.3 Å². The maximum absolute atomic E-state index is 12.5. The largest absolute Gasteiger partial charge is 0.366 e. The van der Waals surface area contributed by atoms with Crippen molar-refractivity contribution in [2.75, 3.05) is 5.32 Å². The molecule has 10 heteroatoms. The van der Waals surface area contributed by atoms with Crippen molar-refractivity contribution in [2.45, 2.75) is 0 Å². The van der Waals surface area contributed by atoms with E-state index in [1.165, 1.54) is 30.6 Å². The van der Waals surface area contributed by atoms with Crippen LogP contribution in [-0.2, 0) is 0 Å². The zero-order valence-electron chi connectivity index (χ0n) is 12.6. The van der Waals surface area contributed by atoms with Gasteiger partial charge >= 0.3 is 6.03 Å². The highest BCUT2D eigenvalue weighted by molar-refractivity contribution is 6.11. The predicted molar refractivity (Wildman–Crippen MR) is 86.7 cm³/mol. The number of nitrogens with one attached hydrogen (secondary N) is 1. The van der Waals surface area contributed by atoms with Crippen molar-refractivity contribution in [3.05, 3.63) is 64.5 Å². The van der Waals surface area contributed by atoms with E-state index in [-0.39, 0.29) is 22.2 Å². The quantitative estimate of drug-likeness (QED) is 0.547. The van der Waals surface area contributed by atoms with Crippen LogP contribution >= 0.6 is 0 Å². The predicted octanol–water partition coefficient (Wildman–Crippen LogP) is 1.79. The highest BCUT2D eigenvalue weighted by atomic mass is 17.0. The number of carbonyl (C=O) groups is 2. The van der Waals surface area contributed by atoms with Gasteiger partial charge in [0.1, 0.15) is 11.6 Å². The summed E-state index contributed by atoms with van der Waals surface area (Å²) in [5, 5.41) is 12.3. The molecule has 0 bridgehead atoms. The molecule has 1 aromatic carbocycles. The Morgan fingerprint density at radius 2 is 2.04 bits per heavy atom. The first-order valence-electron chi connectivity index (χ1n) is 6.96. The van der Waals surface area contributed by atoms with Crippen molar-refractivity contribution in [3.63, 3.8) is 0 Å². The second-order valence-electron chi connectivity index (χ2n) is 4.89. The molecule has 3 rings (SSSR count). The van der Waals surface area contributed by atoms with E-state index in [4.69, 9.17) is 5.73 Å². The van der Waals surface area contributed by atoms with Gasteiger partial charge in [0, 0.05) is 17.8 Å². The van der Waals surface area contributed by atoms with Crippen LogP contribution in [0.2, 0.25) is 0 Å². The third kappa shape index (κ3) is 3.08. The van der Waals surface area contributed by atoms with Gasteiger partial charge in [0.05, 0.1) is 11.1 Å². The highest BCUT2D eigenvalue weighted by Gasteiger charge is 2.21. The minimum atomic E-state index is -1.01. The monoisotopic (exact) mass is 341 g/mol. The number of hydrogen-bond acceptors (Lipinski definition) is 6. The van der Waals surface area contributed by atoms with Gasteiger partial charge in [-0.25, -0.2) is 9.78 Å². The summed E-state index contributed by atoms with van der Waals surface area (Å²) in [7, 11) is 0. The lowest BCUT2D eigenvalue weighted by atomic mass is 10.1. The summed E-state index contributed by atoms with van der Waals surface area (Å²) in [6, 6.07) is 8.61. The molecule has 0 fully saturated rings. The topological polar surface area (TPSA) is 142 Å². The third-order valence-electron chi connectivity index (χ3n) is 3.35. The number of fused-ring (bicyclic) bond motifs is 1. The van der Waals surface area contributed by atoms with Crippen LogP contribution in [0.15, 0.2) is 48.8 Å². The van der Waals surface area contributed by atoms with Crippen molar-refractivity contribution in [3.8, 4) is 5.75 Å². The van der Waals surface area contributed by atoms with Crippen LogP contribution in [-0.4, -0.2) is 26.6 Å². The molecular weight excluding hydrogens is 330 g/mol. The van der Waals surface area contributed by atoms with E-state index in [9.17, 15) is 19.7 Å². The van der Waals surface area contributed by atoms with Crippen LogP contribution in [0, 0.1) is 10.1 Å². The second-order valence-corrected chi connectivity index (χ2v) is 4.89. The average Bonchev–Trinajstić information content (AvgIpc) is 2.96. The number of anilines is 1. The van der Waals surface area contributed by atoms with Crippen LogP contribution < -0.4 is 15.9 Å². The molecule has 25 heavy (non-hydrogen) atoms. The van der Waals surface area contributed by atoms with Crippen molar-refractivity contribution in [2.24, 2.45) is 5.73 Å². The summed E-state index contributed by atoms with van der Waals surface area (Å²) in [5.74, 6) is -0.748. The summed E-state index contributed by atoms with van der Waals surface area (Å²) < 4.78 is 1.11. The first kappa shape index (κ1) is 15.9. The van der Waals surface area contributed by atoms with Gasteiger partial charge in [0.15, 0.2) is 0 Å². The molecular formula is C15H11N5O5. The van der Waals surface area contributed by atoms with Crippen molar-refractivity contribution >= 4 is 28.7 Å². The van der Waals surface area contributed by atoms with Crippen LogP contribution in [0.3, 0.4) is 0 Å². The molecule has 0 spiro atoms. The standard InChI is InChI=1S/C15H11N5O5/c16-14(21)9-8-19(15(22)18-12-6-1-2-7-17-12)10-4-3-5-11(13(9)10)25-20(23)24/h1-8H,(H2,16,21)(H,17,18,22). The fraction of sp³-hybridized carbons (Fsp3) is 0. The van der Waals surface area contributed by atoms with Gasteiger partial charge in [-0.2, -0.15) is 0 Å². The molecule has 2 aromatic heterocycles. The number of carbonyl (C=O) groups excluding carboxylic acids is 2. The molecule has 0 unspecified atom stereocenters. The average molecular weight is 341 g/mol. The Hall–Kier alpha value is -3.95. The van der Waals surface area contributed by atoms with Gasteiger partial charge in [-0.15, -0.1) is 10.1 Å². The van der Waals surface area contributed by atoms with Gasteiger partial charge in [-0.3, -0.25) is 19.5 Å². The summed E-state index contributed by atoms with van der Waals surface area (Å²) in [6.45, 7) is 0. The number of amides is 2. The highest BCUT2D eigenvalue weighted by Crippen LogP contribution is 2.31. The number of rotatable bonds is 4. The maximum Gasteiger partial charge on any atom is 0.331 e. The van der Waals surface area contributed by atoms with Crippen molar-refractivity contribution in [1.29, 1.82) is 0 Å². The molecule has 0 saturated heterocycles. The van der Waals surface area contributed by atoms with Crippen molar-refractivity contribution < 1.29 is 19.5 Å². The first-order valence-corrected chi connectivity index (χ1v) is 6.96. The van der Waals surface area contributed by atoms with E-state index < -0.39 is 17.0 Å². The Kier molecular flexibility index (Phi) is 4.00. The zero-order chi connectivity index (χ0) is 18.0. The number of primary amides is 1. The van der Waals surface area contributed by atoms with Crippen LogP contribution in [0.25, 0.3) is 10.9 Å². The smallest absolute Gasteiger partial charge is 0.331 e. The number of nitrogens with two attached hydrogens (primary N) is 1. The minimum Gasteiger partial charge on any atom is -0.366 e. The number of benzene rings is 1. The lowest BCUT2D eigenvalue weighted by Crippen LogP contribution is -2.19. The van der Waals surface area contributed by atoms with Crippen LogP contribution in [0.1, 0.15) is 10.4 Å². The Balaban J connectivity index is 2.11. The fourth-order valence-electron chi connectivity index (χ4n) is 2.37. The molecule has 0 aliphatic rings. The Bertz CT molecular complexity index is 983. The summed E-state index contributed by atoms with van der Waals surface area (Å²) >= 11 is 0. The van der Waals surface area contributed by atoms with Crippen LogP contribution in [0.5, 0.6) is 5.75 Å². The number of pyridine rings is 1. The molecule has 2 heterocycles. The number of aromatic nitrogens is 2. The van der Waals surface area contributed by atoms with Crippen LogP contribution in [0.4, 0.5) is 10.6 Å². The van der Waals surface area contributed by atoms with E-state index in [1.54, 1.807) is 18.2 Å². The lowest BCUT2D eigenvalue weighted by Gasteiger charge is -2.07. The van der Waals surface area contributed by atoms with Crippen molar-refractivity contribution in [1.82, 2.24) is 9.55 Å².